The summed E-state index contributed by atoms with van der Waals surface area (Å²) >= 11 is 0. The van der Waals surface area contributed by atoms with Gasteiger partial charge in [-0.3, -0.25) is 19.4 Å². The first-order chi connectivity index (χ1) is 14.0. The Balaban J connectivity index is 1.45. The van der Waals surface area contributed by atoms with E-state index < -0.39 is 23.9 Å². The lowest BCUT2D eigenvalue weighted by Gasteiger charge is -2.20. The van der Waals surface area contributed by atoms with E-state index in [0.29, 0.717) is 12.2 Å². The molecule has 2 aliphatic rings. The van der Waals surface area contributed by atoms with Gasteiger partial charge in [0.25, 0.3) is 11.8 Å². The number of nitrogens with one attached hydrogen (secondary N) is 1. The monoisotopic (exact) mass is 391 g/mol. The van der Waals surface area contributed by atoms with Crippen LogP contribution in [0.5, 0.6) is 0 Å². The first kappa shape index (κ1) is 18.8. The maximum absolute atomic E-state index is 13.0. The Labute approximate surface area is 168 Å². The van der Waals surface area contributed by atoms with Gasteiger partial charge in [-0.1, -0.05) is 41.6 Å². The molecule has 0 saturated carbocycles. The highest BCUT2D eigenvalue weighted by atomic mass is 16.2. The van der Waals surface area contributed by atoms with E-state index in [9.17, 15) is 14.4 Å². The van der Waals surface area contributed by atoms with Crippen LogP contribution in [0.15, 0.2) is 58.9 Å². The number of carbonyl (C=O) groups excluding carboxylic acids is 3. The summed E-state index contributed by atoms with van der Waals surface area (Å²) in [5.74, 6) is -1.12. The van der Waals surface area contributed by atoms with Crippen LogP contribution >= 0.6 is 0 Å². The number of anilines is 1. The molecule has 0 aromatic heterocycles. The SMILES string of the molecule is Cc1ccc(N2C(=O)C3N=NN(CC(=O)NCc4ccccc4)C3C2=O)cc1C. The Morgan fingerprint density at radius 2 is 1.79 bits per heavy atom. The molecular weight excluding hydrogens is 370 g/mol. The highest BCUT2D eigenvalue weighted by Gasteiger charge is 2.55. The first-order valence-electron chi connectivity index (χ1n) is 9.39. The minimum Gasteiger partial charge on any atom is -0.350 e. The molecular formula is C21H21N5O3. The van der Waals surface area contributed by atoms with Gasteiger partial charge in [0.2, 0.25) is 5.91 Å². The fourth-order valence-corrected chi connectivity index (χ4v) is 3.47. The van der Waals surface area contributed by atoms with E-state index in [-0.39, 0.29) is 12.5 Å². The van der Waals surface area contributed by atoms with Crippen LogP contribution < -0.4 is 10.2 Å². The molecule has 0 aliphatic carbocycles. The standard InChI is InChI=1S/C21H21N5O3/c1-13-8-9-16(10-14(13)2)26-20(28)18-19(21(26)29)25(24-23-18)12-17(27)22-11-15-6-4-3-5-7-15/h3-10,18-19H,11-12H2,1-2H3,(H,22,27). The van der Waals surface area contributed by atoms with E-state index in [2.05, 4.69) is 15.7 Å². The molecule has 0 spiro atoms. The molecule has 2 atom stereocenters. The summed E-state index contributed by atoms with van der Waals surface area (Å²) in [4.78, 5) is 39.2. The van der Waals surface area contributed by atoms with Crippen molar-refractivity contribution in [3.05, 3.63) is 65.2 Å². The average Bonchev–Trinajstić information content (AvgIpc) is 3.23. The van der Waals surface area contributed by atoms with Crippen LogP contribution in [0, 0.1) is 13.8 Å². The van der Waals surface area contributed by atoms with Crippen molar-refractivity contribution in [1.82, 2.24) is 10.3 Å². The molecule has 2 aromatic carbocycles. The van der Waals surface area contributed by atoms with Gasteiger partial charge in [-0.05, 0) is 42.7 Å². The van der Waals surface area contributed by atoms with Gasteiger partial charge in [0.05, 0.1) is 5.69 Å². The minimum absolute atomic E-state index is 0.142. The van der Waals surface area contributed by atoms with E-state index in [1.807, 2.05) is 50.2 Å². The normalized spacial score (nSPS) is 20.3. The quantitative estimate of drug-likeness (QED) is 0.788. The topological polar surface area (TPSA) is 94.4 Å². The molecule has 2 aliphatic heterocycles. The lowest BCUT2D eigenvalue weighted by Crippen LogP contribution is -2.44. The summed E-state index contributed by atoms with van der Waals surface area (Å²) in [6.07, 6.45) is 0. The Morgan fingerprint density at radius 1 is 1.03 bits per heavy atom. The Hall–Kier alpha value is -3.55. The molecule has 2 aromatic rings. The molecule has 3 amide bonds. The molecule has 1 fully saturated rings. The van der Waals surface area contributed by atoms with Crippen molar-refractivity contribution < 1.29 is 14.4 Å². The maximum Gasteiger partial charge on any atom is 0.263 e. The van der Waals surface area contributed by atoms with Crippen LogP contribution in [0.1, 0.15) is 16.7 Å². The third-order valence-electron chi connectivity index (χ3n) is 5.24. The predicted molar refractivity (Wildman–Crippen MR) is 106 cm³/mol. The molecule has 1 N–H and O–H groups in total. The summed E-state index contributed by atoms with van der Waals surface area (Å²) < 4.78 is 0. The zero-order valence-electron chi connectivity index (χ0n) is 16.2. The van der Waals surface area contributed by atoms with Crippen molar-refractivity contribution in [2.45, 2.75) is 32.5 Å². The number of rotatable bonds is 5. The van der Waals surface area contributed by atoms with Crippen LogP contribution in [0.4, 0.5) is 5.69 Å². The second-order valence-electron chi connectivity index (χ2n) is 7.23. The van der Waals surface area contributed by atoms with Crippen LogP contribution in [0.2, 0.25) is 0 Å². The number of fused-ring (bicyclic) bond motifs is 1. The molecule has 29 heavy (non-hydrogen) atoms. The molecule has 8 heteroatoms. The van der Waals surface area contributed by atoms with E-state index in [4.69, 9.17) is 0 Å². The minimum atomic E-state index is -0.911. The number of imide groups is 1. The highest BCUT2D eigenvalue weighted by molar-refractivity contribution is 6.25. The van der Waals surface area contributed by atoms with Gasteiger partial charge in [-0.25, -0.2) is 4.90 Å². The summed E-state index contributed by atoms with van der Waals surface area (Å²) in [5.41, 5.74) is 3.54. The number of nitrogens with zero attached hydrogens (tertiary/aromatic N) is 4. The summed E-state index contributed by atoms with van der Waals surface area (Å²) in [6.45, 7) is 4.12. The lowest BCUT2D eigenvalue weighted by atomic mass is 10.1. The van der Waals surface area contributed by atoms with E-state index >= 15 is 0 Å². The van der Waals surface area contributed by atoms with Crippen LogP contribution in [0.25, 0.3) is 0 Å². The van der Waals surface area contributed by atoms with Crippen LogP contribution in [0.3, 0.4) is 0 Å². The number of aryl methyl sites for hydroxylation is 2. The van der Waals surface area contributed by atoms with Crippen LogP contribution in [-0.4, -0.2) is 41.4 Å². The Morgan fingerprint density at radius 3 is 2.52 bits per heavy atom. The first-order valence-corrected chi connectivity index (χ1v) is 9.39. The molecule has 148 valence electrons. The maximum atomic E-state index is 13.0. The van der Waals surface area contributed by atoms with Crippen molar-refractivity contribution in [1.29, 1.82) is 0 Å². The smallest absolute Gasteiger partial charge is 0.263 e. The third-order valence-corrected chi connectivity index (χ3v) is 5.24. The molecule has 1 saturated heterocycles. The van der Waals surface area contributed by atoms with Gasteiger partial charge in [0, 0.05) is 6.54 Å². The largest absolute Gasteiger partial charge is 0.350 e. The average molecular weight is 391 g/mol. The number of amides is 3. The predicted octanol–water partition coefficient (Wildman–Crippen LogP) is 1.91. The number of hydrogen-bond acceptors (Lipinski definition) is 6. The second kappa shape index (κ2) is 7.46. The van der Waals surface area contributed by atoms with Gasteiger partial charge < -0.3 is 5.32 Å². The van der Waals surface area contributed by atoms with Gasteiger partial charge in [-0.15, -0.1) is 0 Å². The van der Waals surface area contributed by atoms with Gasteiger partial charge in [0.1, 0.15) is 6.54 Å². The fraction of sp³-hybridized carbons (Fsp3) is 0.286. The fourth-order valence-electron chi connectivity index (χ4n) is 3.47. The summed E-state index contributed by atoms with van der Waals surface area (Å²) in [7, 11) is 0. The Bertz CT molecular complexity index is 1000. The van der Waals surface area contributed by atoms with Gasteiger partial charge in [-0.2, -0.15) is 5.11 Å². The van der Waals surface area contributed by atoms with Crippen molar-refractivity contribution in [3.63, 3.8) is 0 Å². The molecule has 2 heterocycles. The summed E-state index contributed by atoms with van der Waals surface area (Å²) in [6, 6.07) is 13.1. The number of benzene rings is 2. The third kappa shape index (κ3) is 3.49. The summed E-state index contributed by atoms with van der Waals surface area (Å²) in [5, 5.41) is 12.0. The molecule has 0 bridgehead atoms. The van der Waals surface area contributed by atoms with Crippen molar-refractivity contribution >= 4 is 23.4 Å². The zero-order chi connectivity index (χ0) is 20.5. The molecule has 2 unspecified atom stereocenters. The van der Waals surface area contributed by atoms with E-state index in [0.717, 1.165) is 21.6 Å². The van der Waals surface area contributed by atoms with Gasteiger partial charge >= 0.3 is 0 Å². The Kier molecular flexibility index (Phi) is 4.84. The van der Waals surface area contributed by atoms with Gasteiger partial charge in [0.15, 0.2) is 12.1 Å². The molecule has 4 rings (SSSR count). The molecule has 0 radical (unpaired) electrons. The van der Waals surface area contributed by atoms with E-state index in [1.54, 1.807) is 12.1 Å². The van der Waals surface area contributed by atoms with Crippen molar-refractivity contribution in [3.8, 4) is 0 Å². The van der Waals surface area contributed by atoms with E-state index in [1.165, 1.54) is 5.01 Å². The lowest BCUT2D eigenvalue weighted by molar-refractivity contribution is -0.125. The number of hydrogen-bond donors (Lipinski definition) is 1. The second-order valence-corrected chi connectivity index (χ2v) is 7.23. The van der Waals surface area contributed by atoms with Crippen molar-refractivity contribution in [2.24, 2.45) is 10.3 Å². The van der Waals surface area contributed by atoms with Crippen LogP contribution in [-0.2, 0) is 20.9 Å². The zero-order valence-corrected chi connectivity index (χ0v) is 16.2. The highest BCUT2D eigenvalue weighted by Crippen LogP contribution is 2.32. The number of carbonyl (C=O) groups is 3. The van der Waals surface area contributed by atoms with Crippen molar-refractivity contribution in [2.75, 3.05) is 11.4 Å². The molecule has 8 nitrogen and oxygen atoms in total.